The summed E-state index contributed by atoms with van der Waals surface area (Å²) in [5, 5.41) is 0. The zero-order valence-corrected chi connectivity index (χ0v) is 56.0. The summed E-state index contributed by atoms with van der Waals surface area (Å²) in [6.45, 7) is 29.4. The van der Waals surface area contributed by atoms with Crippen LogP contribution in [0.2, 0.25) is 77.6 Å². The molecule has 0 aromatic rings. The van der Waals surface area contributed by atoms with Crippen molar-refractivity contribution in [2.45, 2.75) is 271 Å². The highest BCUT2D eigenvalue weighted by molar-refractivity contribution is 6.67. The first-order chi connectivity index (χ1) is 31.9. The van der Waals surface area contributed by atoms with Gasteiger partial charge in [-0.15, -0.1) is 0 Å². The molecule has 7 saturated carbocycles. The van der Waals surface area contributed by atoms with Gasteiger partial charge < -0.3 is 53.1 Å². The molecule has 0 amide bonds. The number of hydrogen-bond donors (Lipinski definition) is 0. The highest BCUT2D eigenvalue weighted by Gasteiger charge is 2.61. The molecule has 7 fully saturated rings. The average molecular weight is 1280 g/mol. The van der Waals surface area contributed by atoms with Crippen molar-refractivity contribution in [1.29, 1.82) is 0 Å². The van der Waals surface area contributed by atoms with Gasteiger partial charge in [0.25, 0.3) is 0 Å². The van der Waals surface area contributed by atoms with Crippen molar-refractivity contribution in [1.82, 2.24) is 0 Å². The normalized spacial score (nSPS) is 26.1. The van der Waals surface area contributed by atoms with Crippen LogP contribution in [0.15, 0.2) is 0 Å². The summed E-state index contributed by atoms with van der Waals surface area (Å²) in [5.74, 6) is 12.5. The Morgan fingerprint density at radius 1 is 0.259 bits per heavy atom. The van der Waals surface area contributed by atoms with Crippen LogP contribution in [-0.2, 0) is 53.1 Å². The van der Waals surface area contributed by atoms with Crippen molar-refractivity contribution in [2.24, 2.45) is 65.1 Å². The highest BCUT2D eigenvalue weighted by atomic mass is 28.4. The third-order valence-corrected chi connectivity index (χ3v) is 31.2. The average Bonchev–Trinajstić information content (AvgIpc) is 4.24. The minimum absolute atomic E-state index is 0. The van der Waals surface area contributed by atoms with Gasteiger partial charge >= 0.3 is 51.4 Å². The van der Waals surface area contributed by atoms with Gasteiger partial charge in [0.15, 0.2) is 0 Å². The first-order valence-corrected chi connectivity index (χ1v) is 43.0. The molecule has 81 heavy (non-hydrogen) atoms. The Morgan fingerprint density at radius 2 is 0.556 bits per heavy atom. The van der Waals surface area contributed by atoms with E-state index in [1.165, 1.54) is 61.2 Å². The molecule has 6 bridgehead atoms. The Morgan fingerprint density at radius 3 is 0.778 bits per heavy atom. The molecule has 512 valence electrons. The van der Waals surface area contributed by atoms with E-state index < -0.39 is 51.4 Å². The summed E-state index contributed by atoms with van der Waals surface area (Å²) in [6.07, 6.45) is 19.6. The van der Waals surface area contributed by atoms with Crippen LogP contribution in [0.3, 0.4) is 0 Å². The van der Waals surface area contributed by atoms with Crippen molar-refractivity contribution >= 4 is 51.4 Å². The first kappa shape index (κ1) is 113. The van der Waals surface area contributed by atoms with Crippen LogP contribution in [0.5, 0.6) is 0 Å². The monoisotopic (exact) mass is 1280 g/mol. The zero-order chi connectivity index (χ0) is 53.6. The fourth-order valence-corrected chi connectivity index (χ4v) is 14.1. The highest BCUT2D eigenvalue weighted by Crippen LogP contribution is 2.68. The van der Waals surface area contributed by atoms with Crippen LogP contribution < -0.4 is 0 Å². The third kappa shape index (κ3) is 40.9. The molecule has 10 unspecified atom stereocenters. The fourth-order valence-electron chi connectivity index (χ4n) is 11.1. The Hall–Kier alpha value is 0.821. The largest absolute Gasteiger partial charge is 0.398 e. The predicted octanol–water partition coefficient (Wildman–Crippen LogP) is 21.2. The van der Waals surface area contributed by atoms with E-state index in [1.54, 1.807) is 143 Å². The molecule has 0 radical (unpaired) electrons. The summed E-state index contributed by atoms with van der Waals surface area (Å²) in [4.78, 5) is 0. The topological polar surface area (TPSA) is 111 Å². The molecule has 7 rings (SSSR count). The van der Waals surface area contributed by atoms with Gasteiger partial charge in [-0.3, -0.25) is 0 Å². The van der Waals surface area contributed by atoms with E-state index in [1.807, 2.05) is 65.5 Å². The lowest BCUT2D eigenvalue weighted by molar-refractivity contribution is 0.112. The molecule has 10 atom stereocenters. The van der Waals surface area contributed by atoms with Gasteiger partial charge in [-0.1, -0.05) is 129 Å². The first-order valence-electron chi connectivity index (χ1n) is 26.6. The maximum atomic E-state index is 5.58. The summed E-state index contributed by atoms with van der Waals surface area (Å²) < 4.78 is 61.2. The molecule has 0 aromatic heterocycles. The van der Waals surface area contributed by atoms with Crippen molar-refractivity contribution < 1.29 is 53.1 Å². The fraction of sp³-hybridized carbons (Fsp3) is 1.00. The van der Waals surface area contributed by atoms with Gasteiger partial charge in [0.2, 0.25) is 0 Å². The van der Waals surface area contributed by atoms with E-state index in [9.17, 15) is 0 Å². The Balaban J connectivity index is -0.0000000590. The zero-order valence-electron chi connectivity index (χ0n) is 50.0. The van der Waals surface area contributed by atoms with E-state index in [0.717, 1.165) is 29.6 Å². The SMILES string of the molecule is C.C.C.C.C.C.C.C.C.C.C.C.CC1CC2CC1C1C3CCC(C3)C21.CC1CC2CCC1C2.CO[Si](C)(C)OC.CO[Si](C)(C)OC.CO[Si](C)(C)OC.CO[Si](C)(C)OC.CO[Si](C)(C)OC.CO[Si](C)(OC)C1CCC(C)CC1. The van der Waals surface area contributed by atoms with E-state index in [-0.39, 0.29) is 89.1 Å². The lowest BCUT2D eigenvalue weighted by Crippen LogP contribution is -2.43. The summed E-state index contributed by atoms with van der Waals surface area (Å²) in [5.41, 5.74) is 0.707. The molecular weight excluding hydrogens is 1120 g/mol. The number of fused-ring (bicyclic) bond motifs is 11. The molecule has 7 aliphatic rings. The lowest BCUT2D eigenvalue weighted by atomic mass is 9.68. The van der Waals surface area contributed by atoms with Crippen LogP contribution in [-0.4, -0.2) is 137 Å². The maximum absolute atomic E-state index is 5.58. The lowest BCUT2D eigenvalue weighted by Gasteiger charge is -2.37. The van der Waals surface area contributed by atoms with Crippen molar-refractivity contribution in [3.8, 4) is 0 Å². The van der Waals surface area contributed by atoms with Crippen molar-refractivity contribution in [3.05, 3.63) is 0 Å². The van der Waals surface area contributed by atoms with Gasteiger partial charge in [-0.05, 0) is 201 Å². The van der Waals surface area contributed by atoms with Gasteiger partial charge in [-0.25, -0.2) is 0 Å². The van der Waals surface area contributed by atoms with E-state index in [0.29, 0.717) is 5.54 Å². The summed E-state index contributed by atoms with van der Waals surface area (Å²) in [6, 6.07) is 0. The molecule has 0 heterocycles. The van der Waals surface area contributed by atoms with Gasteiger partial charge in [0.05, 0.1) is 0 Å². The second kappa shape index (κ2) is 53.8. The molecule has 0 aromatic carbocycles. The van der Waals surface area contributed by atoms with Crippen molar-refractivity contribution in [3.63, 3.8) is 0 Å². The molecular formula is C63H164O12Si6. The van der Waals surface area contributed by atoms with Crippen molar-refractivity contribution in [2.75, 3.05) is 85.3 Å². The van der Waals surface area contributed by atoms with Crippen LogP contribution in [0.1, 0.15) is 193 Å². The molecule has 0 N–H and O–H groups in total. The maximum Gasteiger partial charge on any atom is 0.337 e. The third-order valence-electron chi connectivity index (χ3n) is 17.6. The molecule has 0 saturated heterocycles. The smallest absolute Gasteiger partial charge is 0.337 e. The van der Waals surface area contributed by atoms with Crippen LogP contribution in [0.25, 0.3) is 0 Å². The van der Waals surface area contributed by atoms with Crippen LogP contribution in [0, 0.1) is 65.1 Å². The standard InChI is InChI=1S/C13H20.C10H22O2Si.C8H14.5C4H12O2Si.12CH4/c1-7-4-10-6-11(7)13-9-3-2-8(5-9)12(10)13;1-9-5-7-10(8-6-9)13(4,11-2)12-3;1-6-4-7-2-3-8(6)5-7;5*1-5-7(3,4)6-2;;;;;;;;;;;;/h7-13H,2-6H2,1H3;9-10H,5-8H2,1-4H3;6-8H,2-5H2,1H3;5*1-4H3;12*1H4. The Bertz CT molecular complexity index is 1200. The Kier molecular flexibility index (Phi) is 75.0. The minimum Gasteiger partial charge on any atom is -0.398 e. The van der Waals surface area contributed by atoms with E-state index in [4.69, 9.17) is 53.1 Å². The molecule has 12 nitrogen and oxygen atoms in total. The molecule has 0 aliphatic heterocycles. The second-order valence-corrected chi connectivity index (χ2v) is 45.2. The minimum atomic E-state index is -1.83. The van der Waals surface area contributed by atoms with Gasteiger partial charge in [0.1, 0.15) is 0 Å². The number of rotatable bonds is 13. The predicted molar refractivity (Wildman–Crippen MR) is 383 cm³/mol. The second-order valence-electron chi connectivity index (χ2n) is 23.4. The summed E-state index contributed by atoms with van der Waals surface area (Å²) >= 11 is 0. The molecule has 18 heteroatoms. The van der Waals surface area contributed by atoms with E-state index >= 15 is 0 Å². The number of hydrogen-bond acceptors (Lipinski definition) is 12. The van der Waals surface area contributed by atoms with E-state index in [2.05, 4.69) is 27.3 Å². The van der Waals surface area contributed by atoms with Gasteiger partial charge in [0, 0.05) is 90.9 Å². The summed E-state index contributed by atoms with van der Waals surface area (Å²) in [7, 11) is 10.3. The van der Waals surface area contributed by atoms with Crippen LogP contribution in [0.4, 0.5) is 0 Å². The molecule has 7 aliphatic carbocycles. The van der Waals surface area contributed by atoms with Crippen LogP contribution >= 0.6 is 0 Å². The molecule has 0 spiro atoms. The van der Waals surface area contributed by atoms with Gasteiger partial charge in [-0.2, -0.15) is 0 Å². The quantitative estimate of drug-likeness (QED) is 0.129. The Labute approximate surface area is 523 Å².